The first-order chi connectivity index (χ1) is 14.4. The van der Waals surface area contributed by atoms with E-state index in [9.17, 15) is 13.2 Å². The van der Waals surface area contributed by atoms with Crippen molar-refractivity contribution in [1.29, 1.82) is 0 Å². The van der Waals surface area contributed by atoms with Crippen molar-refractivity contribution in [1.82, 2.24) is 9.97 Å². The lowest BCUT2D eigenvalue weighted by Crippen LogP contribution is -2.12. The number of carbonyl (C=O) groups excluding carboxylic acids is 1. The van der Waals surface area contributed by atoms with Gasteiger partial charge in [-0.2, -0.15) is 0 Å². The first-order valence-corrected chi connectivity index (χ1v) is 10.8. The third-order valence-corrected chi connectivity index (χ3v) is 5.91. The Bertz CT molecular complexity index is 1340. The Morgan fingerprint density at radius 1 is 1.00 bits per heavy atom. The summed E-state index contributed by atoms with van der Waals surface area (Å²) in [5, 5.41) is 0.332. The quantitative estimate of drug-likeness (QED) is 0.331. The van der Waals surface area contributed by atoms with Crippen LogP contribution in [0.2, 0.25) is 5.02 Å². The van der Waals surface area contributed by atoms with Gasteiger partial charge in [-0.15, -0.1) is 0 Å². The van der Waals surface area contributed by atoms with Gasteiger partial charge < -0.3 is 4.98 Å². The van der Waals surface area contributed by atoms with Crippen molar-refractivity contribution < 1.29 is 13.2 Å². The highest BCUT2D eigenvalue weighted by Crippen LogP contribution is 2.20. The number of hydrogen-bond acceptors (Lipinski definition) is 4. The molecule has 0 aliphatic carbocycles. The molecule has 6 nitrogen and oxygen atoms in total. The molecule has 0 saturated carbocycles. The number of rotatable bonds is 6. The highest BCUT2D eigenvalue weighted by atomic mass is 35.5. The topological polar surface area (TPSA) is 91.9 Å². The van der Waals surface area contributed by atoms with Crippen LogP contribution >= 0.6 is 11.6 Å². The summed E-state index contributed by atoms with van der Waals surface area (Å²) < 4.78 is 27.6. The number of ketones is 1. The predicted molar refractivity (Wildman–Crippen MR) is 118 cm³/mol. The summed E-state index contributed by atoms with van der Waals surface area (Å²) in [6.07, 6.45) is 3.00. The number of benzene rings is 3. The fourth-order valence-electron chi connectivity index (χ4n) is 2.87. The van der Waals surface area contributed by atoms with E-state index in [2.05, 4.69) is 14.7 Å². The number of hydrogen-bond donors (Lipinski definition) is 2. The van der Waals surface area contributed by atoms with E-state index in [0.717, 1.165) is 5.52 Å². The smallest absolute Gasteiger partial charge is 0.261 e. The molecule has 0 aliphatic rings. The summed E-state index contributed by atoms with van der Waals surface area (Å²) in [4.78, 5) is 19.7. The summed E-state index contributed by atoms with van der Waals surface area (Å²) in [6, 6.07) is 20.1. The molecule has 150 valence electrons. The van der Waals surface area contributed by atoms with Crippen molar-refractivity contribution in [3.63, 3.8) is 0 Å². The third kappa shape index (κ3) is 4.42. The lowest BCUT2D eigenvalue weighted by molar-refractivity contribution is 0.103. The SMILES string of the molecule is O=C(/C=C/c1cccc(NS(=O)(=O)c2cccc(Cl)c2)c1)c1nc2ccccc2[nH]1. The monoisotopic (exact) mass is 437 g/mol. The van der Waals surface area contributed by atoms with E-state index >= 15 is 0 Å². The van der Waals surface area contributed by atoms with Crippen LogP contribution in [0.25, 0.3) is 17.1 Å². The number of para-hydroxylation sites is 2. The molecule has 1 aromatic heterocycles. The number of H-pyrrole nitrogens is 1. The summed E-state index contributed by atoms with van der Waals surface area (Å²) in [6.45, 7) is 0. The molecule has 0 bridgehead atoms. The number of halogens is 1. The molecule has 0 aliphatic heterocycles. The lowest BCUT2D eigenvalue weighted by atomic mass is 10.2. The Hall–Kier alpha value is -3.42. The Labute approximate surface area is 178 Å². The number of sulfonamides is 1. The number of carbonyl (C=O) groups is 1. The first kappa shape index (κ1) is 19.9. The molecule has 0 amide bonds. The van der Waals surface area contributed by atoms with E-state index in [1.165, 1.54) is 18.2 Å². The zero-order valence-electron chi connectivity index (χ0n) is 15.5. The van der Waals surface area contributed by atoms with Gasteiger partial charge >= 0.3 is 0 Å². The molecule has 0 saturated heterocycles. The number of nitrogens with one attached hydrogen (secondary N) is 2. The number of anilines is 1. The van der Waals surface area contributed by atoms with Crippen LogP contribution < -0.4 is 4.72 Å². The summed E-state index contributed by atoms with van der Waals surface area (Å²) in [5.74, 6) is -0.0404. The maximum absolute atomic E-state index is 12.5. The second kappa shape index (κ2) is 8.14. The molecule has 0 unspecified atom stereocenters. The minimum Gasteiger partial charge on any atom is -0.335 e. The average Bonchev–Trinajstić information content (AvgIpc) is 3.16. The zero-order valence-corrected chi connectivity index (χ0v) is 17.1. The van der Waals surface area contributed by atoms with Gasteiger partial charge in [-0.05, 0) is 54.1 Å². The van der Waals surface area contributed by atoms with Gasteiger partial charge in [0, 0.05) is 10.7 Å². The molecule has 1 heterocycles. The van der Waals surface area contributed by atoms with Crippen molar-refractivity contribution in [2.45, 2.75) is 4.90 Å². The second-order valence-electron chi connectivity index (χ2n) is 6.49. The van der Waals surface area contributed by atoms with E-state index in [1.807, 2.05) is 24.3 Å². The Morgan fingerprint density at radius 3 is 2.60 bits per heavy atom. The minimum atomic E-state index is -3.78. The largest absolute Gasteiger partial charge is 0.335 e. The second-order valence-corrected chi connectivity index (χ2v) is 8.61. The number of aromatic amines is 1. The first-order valence-electron chi connectivity index (χ1n) is 8.96. The van der Waals surface area contributed by atoms with Gasteiger partial charge in [0.15, 0.2) is 5.82 Å². The number of fused-ring (bicyclic) bond motifs is 1. The molecule has 0 spiro atoms. The van der Waals surface area contributed by atoms with E-state index in [1.54, 1.807) is 42.5 Å². The Morgan fingerprint density at radius 2 is 1.80 bits per heavy atom. The third-order valence-electron chi connectivity index (χ3n) is 4.30. The van der Waals surface area contributed by atoms with Gasteiger partial charge in [0.2, 0.25) is 5.78 Å². The molecule has 4 rings (SSSR count). The minimum absolute atomic E-state index is 0.0657. The molecule has 3 aromatic carbocycles. The highest BCUT2D eigenvalue weighted by Gasteiger charge is 2.14. The fourth-order valence-corrected chi connectivity index (χ4v) is 4.22. The Kier molecular flexibility index (Phi) is 5.39. The molecular formula is C22H16ClN3O3S. The van der Waals surface area contributed by atoms with Gasteiger partial charge in [-0.25, -0.2) is 13.4 Å². The van der Waals surface area contributed by atoms with E-state index in [-0.39, 0.29) is 16.5 Å². The fraction of sp³-hybridized carbons (Fsp3) is 0. The maximum Gasteiger partial charge on any atom is 0.261 e. The molecule has 2 N–H and O–H groups in total. The van der Waals surface area contributed by atoms with Gasteiger partial charge in [0.05, 0.1) is 15.9 Å². The van der Waals surface area contributed by atoms with Gasteiger partial charge in [0.25, 0.3) is 10.0 Å². The van der Waals surface area contributed by atoms with Crippen molar-refractivity contribution >= 4 is 50.2 Å². The van der Waals surface area contributed by atoms with E-state index in [0.29, 0.717) is 21.8 Å². The standard InChI is InChI=1S/C22H16ClN3O3S/c23-16-6-4-8-18(14-16)30(28,29)26-17-7-3-5-15(13-17)11-12-21(27)22-24-19-9-1-2-10-20(19)25-22/h1-14,26H,(H,24,25)/b12-11+. The van der Waals surface area contributed by atoms with Crippen LogP contribution in [0.15, 0.2) is 83.8 Å². The van der Waals surface area contributed by atoms with Gasteiger partial charge in [-0.1, -0.05) is 48.0 Å². The molecule has 0 fully saturated rings. The number of imidazole rings is 1. The van der Waals surface area contributed by atoms with Crippen LogP contribution in [0.5, 0.6) is 0 Å². The van der Waals surface area contributed by atoms with Gasteiger partial charge in [-0.3, -0.25) is 9.52 Å². The average molecular weight is 438 g/mol. The Balaban J connectivity index is 1.52. The molecule has 30 heavy (non-hydrogen) atoms. The van der Waals surface area contributed by atoms with E-state index in [4.69, 9.17) is 11.6 Å². The predicted octanol–water partition coefficient (Wildman–Crippen LogP) is 4.91. The van der Waals surface area contributed by atoms with Crippen LogP contribution in [-0.4, -0.2) is 24.2 Å². The van der Waals surface area contributed by atoms with Crippen molar-refractivity contribution in [2.75, 3.05) is 4.72 Å². The van der Waals surface area contributed by atoms with E-state index < -0.39 is 10.0 Å². The number of nitrogens with zero attached hydrogens (tertiary/aromatic N) is 1. The maximum atomic E-state index is 12.5. The van der Waals surface area contributed by atoms with Crippen molar-refractivity contribution in [2.24, 2.45) is 0 Å². The molecule has 0 atom stereocenters. The van der Waals surface area contributed by atoms with Crippen LogP contribution in [0.3, 0.4) is 0 Å². The van der Waals surface area contributed by atoms with Gasteiger partial charge in [0.1, 0.15) is 0 Å². The van der Waals surface area contributed by atoms with Crippen molar-refractivity contribution in [3.05, 3.63) is 95.3 Å². The van der Waals surface area contributed by atoms with Crippen LogP contribution in [-0.2, 0) is 10.0 Å². The summed E-state index contributed by atoms with van der Waals surface area (Å²) in [7, 11) is -3.78. The number of allylic oxidation sites excluding steroid dienone is 1. The lowest BCUT2D eigenvalue weighted by Gasteiger charge is -2.09. The van der Waals surface area contributed by atoms with Crippen LogP contribution in [0, 0.1) is 0 Å². The molecule has 4 aromatic rings. The molecular weight excluding hydrogens is 422 g/mol. The van der Waals surface area contributed by atoms with Crippen LogP contribution in [0.4, 0.5) is 5.69 Å². The zero-order chi connectivity index (χ0) is 21.1. The highest BCUT2D eigenvalue weighted by molar-refractivity contribution is 7.92. The summed E-state index contributed by atoms with van der Waals surface area (Å²) in [5.41, 5.74) is 2.53. The van der Waals surface area contributed by atoms with Crippen LogP contribution in [0.1, 0.15) is 16.2 Å². The summed E-state index contributed by atoms with van der Waals surface area (Å²) >= 11 is 5.89. The number of aromatic nitrogens is 2. The molecule has 8 heteroatoms. The normalized spacial score (nSPS) is 11.8. The molecule has 0 radical (unpaired) electrons. The van der Waals surface area contributed by atoms with Crippen molar-refractivity contribution in [3.8, 4) is 0 Å².